The van der Waals surface area contributed by atoms with Crippen molar-refractivity contribution in [2.75, 3.05) is 0 Å². The maximum absolute atomic E-state index is 12.4. The summed E-state index contributed by atoms with van der Waals surface area (Å²) in [6.07, 6.45) is 25.4. The average Bonchev–Trinajstić information content (AvgIpc) is 3.47. The molecule has 0 bridgehead atoms. The summed E-state index contributed by atoms with van der Waals surface area (Å²) in [6.45, 7) is 10.2. The highest BCUT2D eigenvalue weighted by atomic mass is 16.1. The summed E-state index contributed by atoms with van der Waals surface area (Å²) in [7, 11) is 0. The van der Waals surface area contributed by atoms with Gasteiger partial charge in [0, 0.05) is 12.8 Å². The van der Waals surface area contributed by atoms with E-state index in [2.05, 4.69) is 57.4 Å². The lowest BCUT2D eigenvalue weighted by atomic mass is 9.79. The van der Waals surface area contributed by atoms with Crippen LogP contribution in [0.15, 0.2) is 42.2 Å². The van der Waals surface area contributed by atoms with Crippen molar-refractivity contribution in [1.82, 2.24) is 0 Å². The van der Waals surface area contributed by atoms with E-state index in [1.807, 2.05) is 0 Å². The van der Waals surface area contributed by atoms with Crippen molar-refractivity contribution in [1.29, 1.82) is 0 Å². The highest BCUT2D eigenvalue weighted by Crippen LogP contribution is 2.63. The van der Waals surface area contributed by atoms with E-state index >= 15 is 0 Å². The largest absolute Gasteiger partial charge is 0.300 e. The van der Waals surface area contributed by atoms with Crippen molar-refractivity contribution in [3.63, 3.8) is 0 Å². The standard InChI is InChI=1S/C29H44O/c1-5-23(2)20-28(3,4)22-27(30)16-8-6-7-12-24-13-11-15-25(18-17-24)29-19-10-9-14-26(29)21-29/h9-10,14,19,24-26H,1,6-8,11-13,15-18,20-22H2,2-4H3. The van der Waals surface area contributed by atoms with Gasteiger partial charge in [-0.3, -0.25) is 4.79 Å². The molecule has 2 fully saturated rings. The molecule has 4 atom stereocenters. The number of hydrogen-bond acceptors (Lipinski definition) is 1. The Morgan fingerprint density at radius 1 is 1.10 bits per heavy atom. The average molecular weight is 409 g/mol. The summed E-state index contributed by atoms with van der Waals surface area (Å²) < 4.78 is 0. The third-order valence-corrected chi connectivity index (χ3v) is 8.10. The first-order valence-corrected chi connectivity index (χ1v) is 12.6. The van der Waals surface area contributed by atoms with Crippen LogP contribution in [0.1, 0.15) is 104 Å². The molecule has 3 aliphatic rings. The minimum atomic E-state index is 0.0339. The van der Waals surface area contributed by atoms with E-state index in [0.717, 1.165) is 42.6 Å². The van der Waals surface area contributed by atoms with Crippen LogP contribution < -0.4 is 0 Å². The maximum Gasteiger partial charge on any atom is 0.133 e. The molecule has 3 rings (SSSR count). The number of hydrogen-bond donors (Lipinski definition) is 0. The molecule has 0 N–H and O–H groups in total. The predicted octanol–water partition coefficient (Wildman–Crippen LogP) is 8.37. The minimum absolute atomic E-state index is 0.0339. The topological polar surface area (TPSA) is 17.1 Å². The van der Waals surface area contributed by atoms with E-state index in [4.69, 9.17) is 0 Å². The Balaban J connectivity index is 1.29. The number of carbonyl (C=O) groups is 1. The van der Waals surface area contributed by atoms with Gasteiger partial charge < -0.3 is 0 Å². The van der Waals surface area contributed by atoms with E-state index in [9.17, 15) is 4.79 Å². The molecule has 0 saturated heterocycles. The SMILES string of the molecule is C=C=C(C)CC(C)(C)CC(=O)CCCCCC1CCCC(C23C=CC=CC2C3)CC1. The number of carbonyl (C=O) groups excluding carboxylic acids is 1. The lowest BCUT2D eigenvalue weighted by molar-refractivity contribution is -0.121. The predicted molar refractivity (Wildman–Crippen MR) is 128 cm³/mol. The quantitative estimate of drug-likeness (QED) is 0.191. The first kappa shape index (κ1) is 23.3. The van der Waals surface area contributed by atoms with Gasteiger partial charge in [0.1, 0.15) is 5.78 Å². The zero-order chi connectivity index (χ0) is 21.6. The molecule has 30 heavy (non-hydrogen) atoms. The van der Waals surface area contributed by atoms with E-state index in [-0.39, 0.29) is 5.41 Å². The van der Waals surface area contributed by atoms with Crippen LogP contribution >= 0.6 is 0 Å². The number of rotatable bonds is 11. The first-order valence-electron chi connectivity index (χ1n) is 12.6. The van der Waals surface area contributed by atoms with Crippen molar-refractivity contribution in [2.24, 2.45) is 28.6 Å². The second-order valence-corrected chi connectivity index (χ2v) is 11.4. The molecule has 4 unspecified atom stereocenters. The monoisotopic (exact) mass is 408 g/mol. The Morgan fingerprint density at radius 2 is 1.93 bits per heavy atom. The fourth-order valence-electron chi connectivity index (χ4n) is 6.40. The summed E-state index contributed by atoms with van der Waals surface area (Å²) >= 11 is 0. The van der Waals surface area contributed by atoms with Crippen molar-refractivity contribution < 1.29 is 4.79 Å². The van der Waals surface area contributed by atoms with Crippen LogP contribution in [0.2, 0.25) is 0 Å². The molecule has 0 amide bonds. The van der Waals surface area contributed by atoms with Crippen molar-refractivity contribution in [2.45, 2.75) is 104 Å². The number of Topliss-reactive ketones (excluding diaryl/α,β-unsaturated/α-hetero) is 1. The van der Waals surface area contributed by atoms with E-state index in [0.29, 0.717) is 17.6 Å². The Labute approximate surface area is 185 Å². The first-order chi connectivity index (χ1) is 14.3. The molecule has 2 saturated carbocycles. The van der Waals surface area contributed by atoms with Gasteiger partial charge in [-0.15, -0.1) is 5.73 Å². The van der Waals surface area contributed by atoms with Gasteiger partial charge in [-0.05, 0) is 73.2 Å². The van der Waals surface area contributed by atoms with E-state index in [1.165, 1.54) is 57.8 Å². The van der Waals surface area contributed by atoms with Gasteiger partial charge in [-0.2, -0.15) is 0 Å². The Bertz CT molecular complexity index is 702. The molecule has 1 heteroatoms. The molecule has 0 spiro atoms. The van der Waals surface area contributed by atoms with Crippen LogP contribution in [0.4, 0.5) is 0 Å². The van der Waals surface area contributed by atoms with Gasteiger partial charge in [0.2, 0.25) is 0 Å². The second-order valence-electron chi connectivity index (χ2n) is 11.4. The van der Waals surface area contributed by atoms with Crippen LogP contribution in [-0.2, 0) is 4.79 Å². The molecule has 0 aromatic rings. The minimum Gasteiger partial charge on any atom is -0.300 e. The van der Waals surface area contributed by atoms with Crippen molar-refractivity contribution in [3.8, 4) is 0 Å². The van der Waals surface area contributed by atoms with Crippen molar-refractivity contribution in [3.05, 3.63) is 42.2 Å². The highest BCUT2D eigenvalue weighted by Gasteiger charge is 2.55. The van der Waals surface area contributed by atoms with Crippen LogP contribution in [0.5, 0.6) is 0 Å². The Morgan fingerprint density at radius 3 is 2.70 bits per heavy atom. The highest BCUT2D eigenvalue weighted by molar-refractivity contribution is 5.79. The summed E-state index contributed by atoms with van der Waals surface area (Å²) in [5.41, 5.74) is 4.71. The van der Waals surface area contributed by atoms with Gasteiger partial charge in [-0.1, -0.05) is 83.3 Å². The summed E-state index contributed by atoms with van der Waals surface area (Å²) in [6, 6.07) is 0. The summed E-state index contributed by atoms with van der Waals surface area (Å²) in [5.74, 6) is 3.13. The van der Waals surface area contributed by atoms with Crippen LogP contribution in [0.25, 0.3) is 0 Å². The molecule has 0 aliphatic heterocycles. The lowest BCUT2D eigenvalue weighted by Gasteiger charge is -2.25. The molecular weight excluding hydrogens is 364 g/mol. The third kappa shape index (κ3) is 6.34. The summed E-state index contributed by atoms with van der Waals surface area (Å²) in [5, 5.41) is 0. The molecule has 0 aromatic carbocycles. The zero-order valence-corrected chi connectivity index (χ0v) is 19.8. The second kappa shape index (κ2) is 10.3. The van der Waals surface area contributed by atoms with Gasteiger partial charge in [0.05, 0.1) is 0 Å². The molecule has 0 heterocycles. The number of allylic oxidation sites excluding steroid dienone is 5. The third-order valence-electron chi connectivity index (χ3n) is 8.10. The molecular formula is C29H44O. The molecule has 0 radical (unpaired) electrons. The molecule has 0 aromatic heterocycles. The fraction of sp³-hybridized carbons (Fsp3) is 0.724. The smallest absolute Gasteiger partial charge is 0.133 e. The van der Waals surface area contributed by atoms with Crippen molar-refractivity contribution >= 4 is 5.78 Å². The fourth-order valence-corrected chi connectivity index (χ4v) is 6.40. The number of ketones is 1. The Hall–Kier alpha value is -1.33. The molecule has 1 nitrogen and oxygen atoms in total. The normalized spacial score (nSPS) is 30.3. The van der Waals surface area contributed by atoms with Gasteiger partial charge in [-0.25, -0.2) is 0 Å². The van der Waals surface area contributed by atoms with Crippen LogP contribution in [-0.4, -0.2) is 5.78 Å². The summed E-state index contributed by atoms with van der Waals surface area (Å²) in [4.78, 5) is 12.4. The van der Waals surface area contributed by atoms with Gasteiger partial charge >= 0.3 is 0 Å². The zero-order valence-electron chi connectivity index (χ0n) is 19.8. The van der Waals surface area contributed by atoms with Crippen LogP contribution in [0.3, 0.4) is 0 Å². The molecule has 3 aliphatic carbocycles. The number of unbranched alkanes of at least 4 members (excludes halogenated alkanes) is 2. The van der Waals surface area contributed by atoms with Crippen LogP contribution in [0, 0.1) is 28.6 Å². The maximum atomic E-state index is 12.4. The Kier molecular flexibility index (Phi) is 8.03. The van der Waals surface area contributed by atoms with Gasteiger partial charge in [0.15, 0.2) is 0 Å². The van der Waals surface area contributed by atoms with E-state index < -0.39 is 0 Å². The molecule has 166 valence electrons. The number of fused-ring (bicyclic) bond motifs is 1. The van der Waals surface area contributed by atoms with Gasteiger partial charge in [0.25, 0.3) is 0 Å². The van der Waals surface area contributed by atoms with E-state index in [1.54, 1.807) is 0 Å². The lowest BCUT2D eigenvalue weighted by Crippen LogP contribution is -2.17.